The second-order valence-electron chi connectivity index (χ2n) is 5.89. The van der Waals surface area contributed by atoms with E-state index in [0.717, 1.165) is 36.5 Å². The molecule has 1 fully saturated rings. The number of ether oxygens (including phenoxy) is 1. The summed E-state index contributed by atoms with van der Waals surface area (Å²) in [5, 5.41) is 5.99. The maximum absolute atomic E-state index is 12.1. The number of benzene rings is 1. The van der Waals surface area contributed by atoms with Gasteiger partial charge in [0.2, 0.25) is 0 Å². The standard InChI is InChI=1S/C16H23N3O2/c1-19-9-10-21-15-8-7-13(11-14(15)19)18-16(20)17-12-5-3-2-4-6-12/h7-8,11-12H,2-6,9-10H2,1H3,(H2,17,18,20). The highest BCUT2D eigenvalue weighted by molar-refractivity contribution is 5.90. The first kappa shape index (κ1) is 14.0. The van der Waals surface area contributed by atoms with Crippen LogP contribution >= 0.6 is 0 Å². The average molecular weight is 289 g/mol. The van der Waals surface area contributed by atoms with E-state index in [1.807, 2.05) is 25.2 Å². The molecule has 5 heteroatoms. The van der Waals surface area contributed by atoms with Crippen molar-refractivity contribution >= 4 is 17.4 Å². The summed E-state index contributed by atoms with van der Waals surface area (Å²) in [6.45, 7) is 1.57. The van der Waals surface area contributed by atoms with Crippen LogP contribution in [0.4, 0.5) is 16.2 Å². The fourth-order valence-electron chi connectivity index (χ4n) is 3.03. The number of carbonyl (C=O) groups is 1. The second kappa shape index (κ2) is 6.24. The van der Waals surface area contributed by atoms with Crippen LogP contribution in [0.5, 0.6) is 5.75 Å². The lowest BCUT2D eigenvalue weighted by atomic mass is 9.96. The highest BCUT2D eigenvalue weighted by atomic mass is 16.5. The second-order valence-corrected chi connectivity index (χ2v) is 5.89. The Morgan fingerprint density at radius 3 is 2.90 bits per heavy atom. The molecule has 2 aliphatic rings. The van der Waals surface area contributed by atoms with Crippen LogP contribution in [0.2, 0.25) is 0 Å². The zero-order valence-corrected chi connectivity index (χ0v) is 12.5. The van der Waals surface area contributed by atoms with Crippen molar-refractivity contribution in [3.8, 4) is 5.75 Å². The number of rotatable bonds is 2. The first-order chi connectivity index (χ1) is 10.2. The van der Waals surface area contributed by atoms with Gasteiger partial charge in [-0.25, -0.2) is 4.79 Å². The average Bonchev–Trinajstić information content (AvgIpc) is 2.49. The van der Waals surface area contributed by atoms with Crippen molar-refractivity contribution in [2.45, 2.75) is 38.1 Å². The number of fused-ring (bicyclic) bond motifs is 1. The number of hydrogen-bond acceptors (Lipinski definition) is 3. The molecule has 0 atom stereocenters. The van der Waals surface area contributed by atoms with Gasteiger partial charge in [0.15, 0.2) is 0 Å². The van der Waals surface area contributed by atoms with Crippen molar-refractivity contribution < 1.29 is 9.53 Å². The van der Waals surface area contributed by atoms with Crippen molar-refractivity contribution in [3.05, 3.63) is 18.2 Å². The predicted octanol–water partition coefficient (Wildman–Crippen LogP) is 2.97. The fourth-order valence-corrected chi connectivity index (χ4v) is 3.03. The summed E-state index contributed by atoms with van der Waals surface area (Å²) < 4.78 is 5.61. The topological polar surface area (TPSA) is 53.6 Å². The van der Waals surface area contributed by atoms with Gasteiger partial charge in [-0.15, -0.1) is 0 Å². The van der Waals surface area contributed by atoms with Crippen LogP contribution in [0.25, 0.3) is 0 Å². The third-order valence-electron chi connectivity index (χ3n) is 4.25. The fraction of sp³-hybridized carbons (Fsp3) is 0.562. The number of anilines is 2. The van der Waals surface area contributed by atoms with Gasteiger partial charge in [0.05, 0.1) is 12.2 Å². The molecule has 114 valence electrons. The van der Waals surface area contributed by atoms with Gasteiger partial charge in [-0.1, -0.05) is 19.3 Å². The summed E-state index contributed by atoms with van der Waals surface area (Å²) in [5.74, 6) is 0.877. The Kier molecular flexibility index (Phi) is 4.18. The summed E-state index contributed by atoms with van der Waals surface area (Å²) in [6, 6.07) is 5.98. The lowest BCUT2D eigenvalue weighted by molar-refractivity contribution is 0.244. The predicted molar refractivity (Wildman–Crippen MR) is 84.2 cm³/mol. The Morgan fingerprint density at radius 2 is 2.10 bits per heavy atom. The third-order valence-corrected chi connectivity index (χ3v) is 4.25. The van der Waals surface area contributed by atoms with E-state index in [0.29, 0.717) is 12.6 Å². The van der Waals surface area contributed by atoms with Crippen LogP contribution in [0.1, 0.15) is 32.1 Å². The molecule has 0 bridgehead atoms. The van der Waals surface area contributed by atoms with Crippen LogP contribution in [0.3, 0.4) is 0 Å². The van der Waals surface area contributed by atoms with Gasteiger partial charge in [0.25, 0.3) is 0 Å². The third kappa shape index (κ3) is 3.40. The highest BCUT2D eigenvalue weighted by Crippen LogP contribution is 2.33. The van der Waals surface area contributed by atoms with Crippen molar-refractivity contribution in [2.24, 2.45) is 0 Å². The molecule has 0 aromatic heterocycles. The molecule has 1 heterocycles. The Hall–Kier alpha value is -1.91. The first-order valence-corrected chi connectivity index (χ1v) is 7.78. The van der Waals surface area contributed by atoms with Crippen molar-refractivity contribution in [3.63, 3.8) is 0 Å². The van der Waals surface area contributed by atoms with E-state index in [4.69, 9.17) is 4.74 Å². The van der Waals surface area contributed by atoms with Gasteiger partial charge in [-0.2, -0.15) is 0 Å². The number of carbonyl (C=O) groups excluding carboxylic acids is 1. The minimum Gasteiger partial charge on any atom is -0.490 e. The molecule has 5 nitrogen and oxygen atoms in total. The lowest BCUT2D eigenvalue weighted by Gasteiger charge is -2.28. The van der Waals surface area contributed by atoms with Gasteiger partial charge in [-0.05, 0) is 31.0 Å². The summed E-state index contributed by atoms with van der Waals surface area (Å²) in [6.07, 6.45) is 5.90. The van der Waals surface area contributed by atoms with E-state index < -0.39 is 0 Å². The van der Waals surface area contributed by atoms with Gasteiger partial charge in [-0.3, -0.25) is 0 Å². The summed E-state index contributed by atoms with van der Waals surface area (Å²) in [5.41, 5.74) is 1.83. The van der Waals surface area contributed by atoms with Crippen molar-refractivity contribution in [1.29, 1.82) is 0 Å². The zero-order chi connectivity index (χ0) is 14.7. The van der Waals surface area contributed by atoms with Crippen LogP contribution < -0.4 is 20.3 Å². The number of nitrogens with zero attached hydrogens (tertiary/aromatic N) is 1. The number of urea groups is 1. The van der Waals surface area contributed by atoms with Crippen LogP contribution in [-0.2, 0) is 0 Å². The summed E-state index contributed by atoms with van der Waals surface area (Å²) in [7, 11) is 2.03. The molecule has 2 N–H and O–H groups in total. The molecule has 1 aromatic carbocycles. The van der Waals surface area contributed by atoms with Crippen LogP contribution in [0, 0.1) is 0 Å². The molecule has 1 aliphatic carbocycles. The maximum atomic E-state index is 12.1. The van der Waals surface area contributed by atoms with E-state index >= 15 is 0 Å². The highest BCUT2D eigenvalue weighted by Gasteiger charge is 2.18. The smallest absolute Gasteiger partial charge is 0.319 e. The molecule has 21 heavy (non-hydrogen) atoms. The van der Waals surface area contributed by atoms with Crippen molar-refractivity contribution in [2.75, 3.05) is 30.4 Å². The summed E-state index contributed by atoms with van der Waals surface area (Å²) >= 11 is 0. The van der Waals surface area contributed by atoms with Gasteiger partial charge >= 0.3 is 6.03 Å². The van der Waals surface area contributed by atoms with E-state index in [2.05, 4.69) is 15.5 Å². The number of nitrogens with one attached hydrogen (secondary N) is 2. The number of likely N-dealkylation sites (N-methyl/N-ethyl adjacent to an activating group) is 1. The number of hydrogen-bond donors (Lipinski definition) is 2. The Morgan fingerprint density at radius 1 is 1.29 bits per heavy atom. The maximum Gasteiger partial charge on any atom is 0.319 e. The molecule has 0 spiro atoms. The normalized spacial score (nSPS) is 18.6. The van der Waals surface area contributed by atoms with Crippen LogP contribution in [-0.4, -0.2) is 32.3 Å². The Balaban J connectivity index is 1.61. The first-order valence-electron chi connectivity index (χ1n) is 7.78. The minimum absolute atomic E-state index is 0.110. The molecule has 1 aliphatic heterocycles. The molecule has 3 rings (SSSR count). The SMILES string of the molecule is CN1CCOc2ccc(NC(=O)NC3CCCCC3)cc21. The molecule has 1 saturated carbocycles. The minimum atomic E-state index is -0.110. The van der Waals surface area contributed by atoms with E-state index in [1.54, 1.807) is 0 Å². The monoisotopic (exact) mass is 289 g/mol. The summed E-state index contributed by atoms with van der Waals surface area (Å²) in [4.78, 5) is 14.2. The molecular weight excluding hydrogens is 266 g/mol. The van der Waals surface area contributed by atoms with Gasteiger partial charge < -0.3 is 20.3 Å². The zero-order valence-electron chi connectivity index (χ0n) is 12.5. The molecule has 2 amide bonds. The quantitative estimate of drug-likeness (QED) is 0.880. The molecule has 0 saturated heterocycles. The van der Waals surface area contributed by atoms with Gasteiger partial charge in [0, 0.05) is 18.8 Å². The Bertz CT molecular complexity index is 512. The van der Waals surface area contributed by atoms with Crippen molar-refractivity contribution in [1.82, 2.24) is 5.32 Å². The molecular formula is C16H23N3O2. The Labute approximate surface area is 125 Å². The molecule has 0 unspecified atom stereocenters. The van der Waals surface area contributed by atoms with Gasteiger partial charge in [0.1, 0.15) is 12.4 Å². The number of amides is 2. The largest absolute Gasteiger partial charge is 0.490 e. The van der Waals surface area contributed by atoms with E-state index in [9.17, 15) is 4.79 Å². The van der Waals surface area contributed by atoms with E-state index in [1.165, 1.54) is 19.3 Å². The lowest BCUT2D eigenvalue weighted by Crippen LogP contribution is -2.39. The molecule has 0 radical (unpaired) electrons. The van der Waals surface area contributed by atoms with E-state index in [-0.39, 0.29) is 6.03 Å². The molecule has 1 aromatic rings. The van der Waals surface area contributed by atoms with Crippen LogP contribution in [0.15, 0.2) is 18.2 Å².